The molecule has 0 saturated carbocycles. The Bertz CT molecular complexity index is 691. The summed E-state index contributed by atoms with van der Waals surface area (Å²) in [6.07, 6.45) is 0.279. The number of amides is 3. The van der Waals surface area contributed by atoms with Gasteiger partial charge in [-0.25, -0.2) is 0 Å². The number of hydrogen-bond acceptors (Lipinski definition) is 3. The zero-order chi connectivity index (χ0) is 15.3. The first-order valence-electron chi connectivity index (χ1n) is 6.91. The van der Waals surface area contributed by atoms with Gasteiger partial charge in [0.2, 0.25) is 5.91 Å². The zero-order valence-electron chi connectivity index (χ0n) is 12.0. The van der Waals surface area contributed by atoms with Gasteiger partial charge in [-0.2, -0.15) is 0 Å². The molecule has 2 aliphatic heterocycles. The van der Waals surface area contributed by atoms with Crippen LogP contribution in [0.1, 0.15) is 52.5 Å². The Morgan fingerprint density at radius 1 is 1.24 bits per heavy atom. The third-order valence-electron chi connectivity index (χ3n) is 3.95. The van der Waals surface area contributed by atoms with Gasteiger partial charge in [-0.15, -0.1) is 0 Å². The highest BCUT2D eigenvalue weighted by molar-refractivity contribution is 6.23. The largest absolute Gasteiger partial charge is 0.328 e. The predicted octanol–water partition coefficient (Wildman–Crippen LogP) is 1.81. The third kappa shape index (κ3) is 1.88. The van der Waals surface area contributed by atoms with Gasteiger partial charge < -0.3 is 5.32 Å². The minimum absolute atomic E-state index is 0.129. The maximum absolute atomic E-state index is 12.7. The van der Waals surface area contributed by atoms with Crippen molar-refractivity contribution in [2.45, 2.75) is 32.2 Å². The van der Waals surface area contributed by atoms with Gasteiger partial charge in [0, 0.05) is 12.1 Å². The van der Waals surface area contributed by atoms with E-state index in [1.54, 1.807) is 12.1 Å². The summed E-state index contributed by atoms with van der Waals surface area (Å²) >= 11 is 0. The van der Waals surface area contributed by atoms with Crippen molar-refractivity contribution in [3.8, 4) is 0 Å². The summed E-state index contributed by atoms with van der Waals surface area (Å²) in [5.74, 6) is -0.994. The van der Waals surface area contributed by atoms with Crippen LogP contribution in [0.5, 0.6) is 0 Å². The van der Waals surface area contributed by atoms with Gasteiger partial charge in [-0.3, -0.25) is 19.3 Å². The highest BCUT2D eigenvalue weighted by Crippen LogP contribution is 2.33. The molecule has 5 heteroatoms. The number of hydrogen-bond donors (Lipinski definition) is 1. The number of carbonyl (C=O) groups excluding carboxylic acids is 3. The van der Waals surface area contributed by atoms with Crippen LogP contribution < -0.4 is 5.32 Å². The molecule has 0 radical (unpaired) electrons. The lowest BCUT2D eigenvalue weighted by molar-refractivity contribution is -0.122. The summed E-state index contributed by atoms with van der Waals surface area (Å²) in [5.41, 5.74) is 2.19. The summed E-state index contributed by atoms with van der Waals surface area (Å²) in [7, 11) is 0. The summed E-state index contributed by atoms with van der Waals surface area (Å²) in [6, 6.07) is 4.48. The molecule has 21 heavy (non-hydrogen) atoms. The molecule has 3 amide bonds. The summed E-state index contributed by atoms with van der Waals surface area (Å²) in [6.45, 7) is 7.63. The second-order valence-electron chi connectivity index (χ2n) is 5.72. The minimum Gasteiger partial charge on any atom is -0.328 e. The smallest absolute Gasteiger partial charge is 0.262 e. The van der Waals surface area contributed by atoms with E-state index in [9.17, 15) is 14.4 Å². The molecule has 108 valence electrons. The lowest BCUT2D eigenvalue weighted by Gasteiger charge is -2.19. The van der Waals surface area contributed by atoms with Crippen LogP contribution in [0, 0.1) is 0 Å². The first-order chi connectivity index (χ1) is 9.91. The number of nitrogens with one attached hydrogen (secondary N) is 1. The van der Waals surface area contributed by atoms with Crippen molar-refractivity contribution in [3.63, 3.8) is 0 Å². The molecular formula is C16H16N2O3. The molecule has 1 fully saturated rings. The minimum atomic E-state index is -0.787. The molecule has 1 aromatic carbocycles. The number of imide groups is 1. The quantitative estimate of drug-likeness (QED) is 0.842. The molecule has 5 nitrogen and oxygen atoms in total. The van der Waals surface area contributed by atoms with Crippen LogP contribution in [0.25, 0.3) is 0 Å². The fourth-order valence-electron chi connectivity index (χ4n) is 2.94. The average Bonchev–Trinajstić information content (AvgIpc) is 2.88. The van der Waals surface area contributed by atoms with Crippen LogP contribution in [0.2, 0.25) is 0 Å². The Morgan fingerprint density at radius 3 is 2.52 bits per heavy atom. The maximum Gasteiger partial charge on any atom is 0.262 e. The predicted molar refractivity (Wildman–Crippen MR) is 76.7 cm³/mol. The van der Waals surface area contributed by atoms with Gasteiger partial charge in [0.1, 0.15) is 6.04 Å². The molecule has 2 heterocycles. The molecule has 3 rings (SSSR count). The average molecular weight is 284 g/mol. The van der Waals surface area contributed by atoms with E-state index >= 15 is 0 Å². The van der Waals surface area contributed by atoms with Gasteiger partial charge in [-0.1, -0.05) is 32.6 Å². The van der Waals surface area contributed by atoms with Crippen LogP contribution in [-0.2, 0) is 4.79 Å². The van der Waals surface area contributed by atoms with E-state index in [4.69, 9.17) is 0 Å². The molecular weight excluding hydrogens is 268 g/mol. The number of benzene rings is 1. The Balaban J connectivity index is 2.07. The topological polar surface area (TPSA) is 66.5 Å². The van der Waals surface area contributed by atoms with Crippen LogP contribution in [0.15, 0.2) is 30.5 Å². The Hall–Kier alpha value is -2.43. The van der Waals surface area contributed by atoms with Gasteiger partial charge >= 0.3 is 0 Å². The van der Waals surface area contributed by atoms with Crippen molar-refractivity contribution >= 4 is 17.7 Å². The normalized spacial score (nSPS) is 21.3. The molecule has 0 spiro atoms. The molecule has 1 aromatic rings. The van der Waals surface area contributed by atoms with Crippen molar-refractivity contribution in [1.82, 2.24) is 10.2 Å². The highest BCUT2D eigenvalue weighted by atomic mass is 16.2. The lowest BCUT2D eigenvalue weighted by atomic mass is 9.94. The Morgan fingerprint density at radius 2 is 1.95 bits per heavy atom. The first-order valence-corrected chi connectivity index (χ1v) is 6.91. The first kappa shape index (κ1) is 13.5. The third-order valence-corrected chi connectivity index (χ3v) is 3.95. The zero-order valence-corrected chi connectivity index (χ0v) is 12.0. The summed E-state index contributed by atoms with van der Waals surface area (Å²) in [4.78, 5) is 38.2. The van der Waals surface area contributed by atoms with E-state index in [0.29, 0.717) is 16.8 Å². The van der Waals surface area contributed by atoms with Gasteiger partial charge in [0.05, 0.1) is 11.1 Å². The molecule has 0 aliphatic carbocycles. The molecule has 1 unspecified atom stereocenters. The fraction of sp³-hybridized carbons (Fsp3) is 0.312. The van der Waals surface area contributed by atoms with Gasteiger partial charge in [-0.05, 0) is 17.5 Å². The molecule has 1 atom stereocenters. The van der Waals surface area contributed by atoms with Crippen molar-refractivity contribution in [1.29, 1.82) is 0 Å². The van der Waals surface area contributed by atoms with Crippen molar-refractivity contribution in [2.24, 2.45) is 0 Å². The molecule has 0 aromatic heterocycles. The molecule has 0 bridgehead atoms. The summed E-state index contributed by atoms with van der Waals surface area (Å²) < 4.78 is 0. The van der Waals surface area contributed by atoms with Crippen LogP contribution in [0.4, 0.5) is 0 Å². The highest BCUT2D eigenvalue weighted by Gasteiger charge is 2.46. The van der Waals surface area contributed by atoms with E-state index in [-0.39, 0.29) is 24.2 Å². The van der Waals surface area contributed by atoms with E-state index < -0.39 is 11.9 Å². The van der Waals surface area contributed by atoms with E-state index in [1.807, 2.05) is 19.9 Å². The molecule has 1 saturated heterocycles. The van der Waals surface area contributed by atoms with E-state index in [2.05, 4.69) is 11.9 Å². The Kier molecular flexibility index (Phi) is 2.93. The van der Waals surface area contributed by atoms with Crippen LogP contribution >= 0.6 is 0 Å². The monoisotopic (exact) mass is 284 g/mol. The van der Waals surface area contributed by atoms with Crippen molar-refractivity contribution < 1.29 is 14.4 Å². The van der Waals surface area contributed by atoms with Gasteiger partial charge in [0.15, 0.2) is 0 Å². The molecule has 2 aliphatic rings. The standard InChI is InChI=1S/C16H16N2O3/c1-8(2)10-5-4-6-11-13(10)16(21)18(15(11)20)12-7-9(3)17-14(12)19/h4-6,8,12H,3,7H2,1-2H3,(H,17,19). The maximum atomic E-state index is 12.7. The number of nitrogens with zero attached hydrogens (tertiary/aromatic N) is 1. The number of fused-ring (bicyclic) bond motifs is 1. The molecule has 1 N–H and O–H groups in total. The number of rotatable bonds is 2. The van der Waals surface area contributed by atoms with Crippen molar-refractivity contribution in [3.05, 3.63) is 47.2 Å². The van der Waals surface area contributed by atoms with E-state index in [1.165, 1.54) is 0 Å². The second kappa shape index (κ2) is 4.55. The van der Waals surface area contributed by atoms with E-state index in [0.717, 1.165) is 10.5 Å². The summed E-state index contributed by atoms with van der Waals surface area (Å²) in [5, 5.41) is 2.57. The van der Waals surface area contributed by atoms with Crippen LogP contribution in [-0.4, -0.2) is 28.7 Å². The van der Waals surface area contributed by atoms with Crippen LogP contribution in [0.3, 0.4) is 0 Å². The number of carbonyl (C=O) groups is 3. The van der Waals surface area contributed by atoms with Crippen molar-refractivity contribution in [2.75, 3.05) is 0 Å². The Labute approximate surface area is 122 Å². The lowest BCUT2D eigenvalue weighted by Crippen LogP contribution is -2.44. The SMILES string of the molecule is C=C1CC(N2C(=O)c3cccc(C(C)C)c3C2=O)C(=O)N1. The second-order valence-corrected chi connectivity index (χ2v) is 5.72. The van der Waals surface area contributed by atoms with Gasteiger partial charge in [0.25, 0.3) is 11.8 Å². The fourth-order valence-corrected chi connectivity index (χ4v) is 2.94.